The van der Waals surface area contributed by atoms with Crippen LogP contribution in [0.2, 0.25) is 5.15 Å². The first-order valence-corrected chi connectivity index (χ1v) is 6.94. The van der Waals surface area contributed by atoms with Crippen LogP contribution in [0.1, 0.15) is 10.5 Å². The predicted molar refractivity (Wildman–Crippen MR) is 65.6 cm³/mol. The van der Waals surface area contributed by atoms with Crippen molar-refractivity contribution in [1.29, 1.82) is 0 Å². The van der Waals surface area contributed by atoms with Crippen LogP contribution in [0.3, 0.4) is 0 Å². The number of carbonyl (C=O) groups is 1. The number of pyridine rings is 1. The number of carboxylic acid groups (broad SMARTS) is 1. The van der Waals surface area contributed by atoms with Crippen molar-refractivity contribution in [3.05, 3.63) is 29.2 Å². The van der Waals surface area contributed by atoms with Crippen molar-refractivity contribution < 1.29 is 18.3 Å². The molecule has 18 heavy (non-hydrogen) atoms. The smallest absolute Gasteiger partial charge is 0.357 e. The summed E-state index contributed by atoms with van der Waals surface area (Å²) in [6.07, 6.45) is 2.48. The van der Waals surface area contributed by atoms with Gasteiger partial charge in [0.1, 0.15) is 5.15 Å². The minimum absolute atomic E-state index is 0.0883. The van der Waals surface area contributed by atoms with E-state index in [0.717, 1.165) is 6.26 Å². The van der Waals surface area contributed by atoms with Crippen molar-refractivity contribution in [3.8, 4) is 0 Å². The van der Waals surface area contributed by atoms with Gasteiger partial charge in [0.05, 0.1) is 11.9 Å². The Morgan fingerprint density at radius 3 is 2.78 bits per heavy atom. The van der Waals surface area contributed by atoms with E-state index in [4.69, 9.17) is 16.7 Å². The van der Waals surface area contributed by atoms with Gasteiger partial charge in [0.25, 0.3) is 0 Å². The summed E-state index contributed by atoms with van der Waals surface area (Å²) in [7, 11) is -3.49. The van der Waals surface area contributed by atoms with Crippen molar-refractivity contribution in [1.82, 2.24) is 9.38 Å². The highest BCUT2D eigenvalue weighted by Crippen LogP contribution is 2.24. The van der Waals surface area contributed by atoms with Gasteiger partial charge in [0.2, 0.25) is 10.0 Å². The van der Waals surface area contributed by atoms with Crippen molar-refractivity contribution in [2.24, 2.45) is 0 Å². The number of aromatic carboxylic acids is 1. The van der Waals surface area contributed by atoms with E-state index in [1.807, 2.05) is 0 Å². The fraction of sp³-hybridized carbons (Fsp3) is 0.111. The highest BCUT2D eigenvalue weighted by Gasteiger charge is 2.19. The Morgan fingerprint density at radius 1 is 1.56 bits per heavy atom. The Balaban J connectivity index is 2.70. The monoisotopic (exact) mass is 289 g/mol. The zero-order valence-electron chi connectivity index (χ0n) is 9.08. The first-order chi connectivity index (χ1) is 8.29. The number of fused-ring (bicyclic) bond motifs is 1. The van der Waals surface area contributed by atoms with E-state index in [9.17, 15) is 13.2 Å². The molecule has 0 spiro atoms. The van der Waals surface area contributed by atoms with Crippen LogP contribution < -0.4 is 4.72 Å². The molecular weight excluding hydrogens is 282 g/mol. The number of nitrogens with zero attached hydrogens (tertiary/aromatic N) is 2. The topological polar surface area (TPSA) is 101 Å². The standard InChI is InChI=1S/C9H8ClN3O4S/c1-18(16,17)12-5-3-2-4-13-7(10)6(9(14)15)11-8(5)13/h2-4,12H,1H3,(H,14,15). The number of nitrogens with one attached hydrogen (secondary N) is 1. The van der Waals surface area contributed by atoms with Gasteiger partial charge in [-0.2, -0.15) is 0 Å². The van der Waals surface area contributed by atoms with Crippen LogP contribution in [0.5, 0.6) is 0 Å². The average Bonchev–Trinajstić information content (AvgIpc) is 2.56. The maximum Gasteiger partial charge on any atom is 0.357 e. The van der Waals surface area contributed by atoms with Gasteiger partial charge in [-0.3, -0.25) is 9.12 Å². The number of anilines is 1. The lowest BCUT2D eigenvalue weighted by molar-refractivity contribution is 0.0691. The molecule has 0 aliphatic heterocycles. The third kappa shape index (κ3) is 2.24. The fourth-order valence-electron chi connectivity index (χ4n) is 1.45. The van der Waals surface area contributed by atoms with E-state index >= 15 is 0 Å². The molecule has 0 aliphatic rings. The Labute approximate surface area is 107 Å². The lowest BCUT2D eigenvalue weighted by Crippen LogP contribution is -2.10. The lowest BCUT2D eigenvalue weighted by Gasteiger charge is -2.04. The average molecular weight is 290 g/mol. The predicted octanol–water partition coefficient (Wildman–Crippen LogP) is 1.06. The Hall–Kier alpha value is -1.80. The molecule has 0 fully saturated rings. The largest absolute Gasteiger partial charge is 0.476 e. The van der Waals surface area contributed by atoms with Crippen LogP contribution in [-0.2, 0) is 10.0 Å². The van der Waals surface area contributed by atoms with E-state index < -0.39 is 16.0 Å². The third-order valence-electron chi connectivity index (χ3n) is 2.09. The maximum absolute atomic E-state index is 11.2. The van der Waals surface area contributed by atoms with Gasteiger partial charge in [-0.15, -0.1) is 0 Å². The minimum Gasteiger partial charge on any atom is -0.476 e. The number of sulfonamides is 1. The fourth-order valence-corrected chi connectivity index (χ4v) is 2.27. The Morgan fingerprint density at radius 2 is 2.22 bits per heavy atom. The molecule has 2 rings (SSSR count). The SMILES string of the molecule is CS(=O)(=O)Nc1cccn2c(Cl)c(C(=O)O)nc12. The molecule has 7 nitrogen and oxygen atoms in total. The molecule has 0 aliphatic carbocycles. The molecule has 9 heteroatoms. The normalized spacial score (nSPS) is 11.7. The molecule has 0 amide bonds. The van der Waals surface area contributed by atoms with Gasteiger partial charge in [-0.05, 0) is 12.1 Å². The Bertz CT molecular complexity index is 738. The summed E-state index contributed by atoms with van der Waals surface area (Å²) >= 11 is 5.84. The Kier molecular flexibility index (Phi) is 2.91. The highest BCUT2D eigenvalue weighted by atomic mass is 35.5. The third-order valence-corrected chi connectivity index (χ3v) is 3.04. The molecule has 2 N–H and O–H groups in total. The molecular formula is C9H8ClN3O4S. The maximum atomic E-state index is 11.2. The van der Waals surface area contributed by atoms with Crippen LogP contribution in [0.15, 0.2) is 18.3 Å². The summed E-state index contributed by atoms with van der Waals surface area (Å²) in [6.45, 7) is 0. The molecule has 0 aromatic carbocycles. The molecule has 96 valence electrons. The molecule has 0 saturated carbocycles. The summed E-state index contributed by atoms with van der Waals surface area (Å²) in [5, 5.41) is 8.80. The number of aromatic nitrogens is 2. The second-order valence-corrected chi connectivity index (χ2v) is 5.65. The molecule has 2 heterocycles. The summed E-state index contributed by atoms with van der Waals surface area (Å²) in [5.41, 5.74) is -0.0425. The van der Waals surface area contributed by atoms with Crippen LogP contribution in [0.25, 0.3) is 5.65 Å². The summed E-state index contributed by atoms with van der Waals surface area (Å²) in [5.74, 6) is -1.28. The number of rotatable bonds is 3. The van der Waals surface area contributed by atoms with E-state index in [1.54, 1.807) is 0 Å². The van der Waals surface area contributed by atoms with E-state index in [2.05, 4.69) is 9.71 Å². The van der Waals surface area contributed by atoms with Crippen LogP contribution in [0, 0.1) is 0 Å². The van der Waals surface area contributed by atoms with Crippen molar-refractivity contribution in [2.75, 3.05) is 11.0 Å². The number of carboxylic acids is 1. The van der Waals surface area contributed by atoms with E-state index in [1.165, 1.54) is 22.7 Å². The van der Waals surface area contributed by atoms with Gasteiger partial charge < -0.3 is 5.11 Å². The van der Waals surface area contributed by atoms with Crippen LogP contribution in [0.4, 0.5) is 5.69 Å². The first kappa shape index (κ1) is 12.7. The lowest BCUT2D eigenvalue weighted by atomic mass is 10.4. The minimum atomic E-state index is -3.49. The van der Waals surface area contributed by atoms with Gasteiger partial charge in [-0.1, -0.05) is 11.6 Å². The van der Waals surface area contributed by atoms with Gasteiger partial charge in [-0.25, -0.2) is 18.2 Å². The highest BCUT2D eigenvalue weighted by molar-refractivity contribution is 7.92. The molecule has 0 atom stereocenters. The zero-order valence-corrected chi connectivity index (χ0v) is 10.7. The van der Waals surface area contributed by atoms with Gasteiger partial charge in [0, 0.05) is 6.20 Å². The van der Waals surface area contributed by atoms with Crippen molar-refractivity contribution >= 4 is 38.9 Å². The number of halogens is 1. The quantitative estimate of drug-likeness (QED) is 0.880. The molecule has 0 radical (unpaired) electrons. The van der Waals surface area contributed by atoms with Crippen LogP contribution >= 0.6 is 11.6 Å². The second-order valence-electron chi connectivity index (χ2n) is 3.55. The second kappa shape index (κ2) is 4.14. The zero-order chi connectivity index (χ0) is 13.5. The van der Waals surface area contributed by atoms with E-state index in [0.29, 0.717) is 0 Å². The molecule has 0 unspecified atom stereocenters. The molecule has 0 bridgehead atoms. The molecule has 2 aromatic rings. The first-order valence-electron chi connectivity index (χ1n) is 4.67. The van der Waals surface area contributed by atoms with Crippen molar-refractivity contribution in [3.63, 3.8) is 0 Å². The summed E-state index contributed by atoms with van der Waals surface area (Å²) < 4.78 is 25.9. The van der Waals surface area contributed by atoms with Crippen molar-refractivity contribution in [2.45, 2.75) is 0 Å². The summed E-state index contributed by atoms with van der Waals surface area (Å²) in [4.78, 5) is 14.7. The molecule has 2 aromatic heterocycles. The van der Waals surface area contributed by atoms with Crippen LogP contribution in [-0.4, -0.2) is 35.1 Å². The van der Waals surface area contributed by atoms with Gasteiger partial charge in [0.15, 0.2) is 11.3 Å². The molecule has 0 saturated heterocycles. The number of hydrogen-bond acceptors (Lipinski definition) is 4. The van der Waals surface area contributed by atoms with Gasteiger partial charge >= 0.3 is 5.97 Å². The number of hydrogen-bond donors (Lipinski definition) is 2. The van der Waals surface area contributed by atoms with E-state index in [-0.39, 0.29) is 22.2 Å². The number of imidazole rings is 1. The summed E-state index contributed by atoms with van der Waals surface area (Å²) in [6, 6.07) is 2.99.